The number of benzene rings is 1. The van der Waals surface area contributed by atoms with Crippen molar-refractivity contribution in [2.24, 2.45) is 0 Å². The summed E-state index contributed by atoms with van der Waals surface area (Å²) < 4.78 is 5.11. The molecule has 1 aliphatic rings. The number of methoxy groups -OCH3 is 1. The van der Waals surface area contributed by atoms with E-state index in [4.69, 9.17) is 4.74 Å². The summed E-state index contributed by atoms with van der Waals surface area (Å²) >= 11 is 0. The smallest absolute Gasteiger partial charge is 0.325 e. The maximum Gasteiger partial charge on any atom is 0.325 e. The average Bonchev–Trinajstić information content (AvgIpc) is 2.86. The van der Waals surface area contributed by atoms with E-state index in [2.05, 4.69) is 15.6 Å². The molecule has 8 heteroatoms. The number of pyridine rings is 1. The first-order chi connectivity index (χ1) is 12.8. The van der Waals surface area contributed by atoms with Crippen LogP contribution in [0.1, 0.15) is 18.2 Å². The van der Waals surface area contributed by atoms with Gasteiger partial charge in [0.15, 0.2) is 0 Å². The van der Waals surface area contributed by atoms with Crippen LogP contribution in [0.25, 0.3) is 0 Å². The lowest BCUT2D eigenvalue weighted by Crippen LogP contribution is -2.42. The highest BCUT2D eigenvalue weighted by molar-refractivity contribution is 6.10. The van der Waals surface area contributed by atoms with Crippen molar-refractivity contribution in [2.75, 3.05) is 19.0 Å². The quantitative estimate of drug-likeness (QED) is 0.784. The number of urea groups is 1. The first-order valence-corrected chi connectivity index (χ1v) is 8.35. The van der Waals surface area contributed by atoms with Crippen LogP contribution in [0.15, 0.2) is 42.5 Å². The summed E-state index contributed by atoms with van der Waals surface area (Å²) in [7, 11) is 1.54. The lowest BCUT2D eigenvalue weighted by molar-refractivity contribution is -0.133. The van der Waals surface area contributed by atoms with E-state index < -0.39 is 29.9 Å². The largest absolute Gasteiger partial charge is 0.497 e. The van der Waals surface area contributed by atoms with Gasteiger partial charge in [-0.25, -0.2) is 9.78 Å². The Morgan fingerprint density at radius 3 is 2.56 bits per heavy atom. The van der Waals surface area contributed by atoms with Gasteiger partial charge in [0.05, 0.1) is 7.11 Å². The molecule has 1 aromatic heterocycles. The number of hydrogen-bond donors (Lipinski definition) is 2. The number of rotatable bonds is 5. The Kier molecular flexibility index (Phi) is 4.81. The summed E-state index contributed by atoms with van der Waals surface area (Å²) in [6, 6.07) is 11.4. The zero-order valence-electron chi connectivity index (χ0n) is 15.3. The molecule has 4 amide bonds. The summed E-state index contributed by atoms with van der Waals surface area (Å²) in [6.45, 7) is 3.01. The Labute approximate surface area is 156 Å². The van der Waals surface area contributed by atoms with Crippen LogP contribution in [0, 0.1) is 6.92 Å². The first kappa shape index (κ1) is 18.4. The zero-order valence-corrected chi connectivity index (χ0v) is 15.3. The third kappa shape index (κ3) is 3.59. The van der Waals surface area contributed by atoms with E-state index in [1.807, 2.05) is 0 Å². The van der Waals surface area contributed by atoms with E-state index in [1.54, 1.807) is 63.4 Å². The van der Waals surface area contributed by atoms with Crippen LogP contribution in [0.2, 0.25) is 0 Å². The topological polar surface area (TPSA) is 101 Å². The minimum absolute atomic E-state index is 0.366. The van der Waals surface area contributed by atoms with Crippen molar-refractivity contribution in [1.29, 1.82) is 0 Å². The van der Waals surface area contributed by atoms with Crippen LogP contribution in [-0.2, 0) is 15.1 Å². The van der Waals surface area contributed by atoms with Crippen molar-refractivity contribution >= 4 is 23.7 Å². The molecule has 1 aromatic carbocycles. The number of aromatic nitrogens is 1. The van der Waals surface area contributed by atoms with E-state index in [-0.39, 0.29) is 0 Å². The van der Waals surface area contributed by atoms with Crippen molar-refractivity contribution in [2.45, 2.75) is 19.4 Å². The molecule has 2 aromatic rings. The number of imide groups is 1. The highest BCUT2D eigenvalue weighted by Crippen LogP contribution is 2.29. The van der Waals surface area contributed by atoms with E-state index in [0.717, 1.165) is 10.6 Å². The molecule has 0 radical (unpaired) electrons. The van der Waals surface area contributed by atoms with Crippen molar-refractivity contribution in [3.05, 3.63) is 53.7 Å². The number of carbonyl (C=O) groups is 3. The molecule has 140 valence electrons. The molecule has 0 aliphatic carbocycles. The van der Waals surface area contributed by atoms with Gasteiger partial charge in [0.1, 0.15) is 23.7 Å². The van der Waals surface area contributed by atoms with E-state index in [0.29, 0.717) is 17.1 Å². The molecule has 0 spiro atoms. The fourth-order valence-corrected chi connectivity index (χ4v) is 2.90. The van der Waals surface area contributed by atoms with Crippen molar-refractivity contribution in [1.82, 2.24) is 15.2 Å². The number of ether oxygens (including phenoxy) is 1. The molecule has 0 unspecified atom stereocenters. The molecule has 27 heavy (non-hydrogen) atoms. The zero-order chi connectivity index (χ0) is 19.6. The van der Waals surface area contributed by atoms with Gasteiger partial charge < -0.3 is 15.4 Å². The minimum Gasteiger partial charge on any atom is -0.497 e. The van der Waals surface area contributed by atoms with E-state index >= 15 is 0 Å². The van der Waals surface area contributed by atoms with Gasteiger partial charge in [0.2, 0.25) is 5.91 Å². The molecule has 1 aliphatic heterocycles. The first-order valence-electron chi connectivity index (χ1n) is 8.35. The number of aryl methyl sites for hydroxylation is 1. The number of nitrogens with one attached hydrogen (secondary N) is 2. The summed E-state index contributed by atoms with van der Waals surface area (Å²) in [5.74, 6) is 0.00609. The average molecular weight is 368 g/mol. The van der Waals surface area contributed by atoms with Crippen LogP contribution < -0.4 is 15.4 Å². The van der Waals surface area contributed by atoms with Gasteiger partial charge in [-0.05, 0) is 43.7 Å². The van der Waals surface area contributed by atoms with Crippen molar-refractivity contribution in [3.8, 4) is 5.75 Å². The van der Waals surface area contributed by atoms with Crippen LogP contribution in [0.4, 0.5) is 10.6 Å². The maximum absolute atomic E-state index is 12.9. The van der Waals surface area contributed by atoms with Crippen LogP contribution in [-0.4, -0.2) is 41.4 Å². The highest BCUT2D eigenvalue weighted by atomic mass is 16.5. The predicted octanol–water partition coefficient (Wildman–Crippen LogP) is 1.80. The number of nitrogens with zero attached hydrogens (tertiary/aromatic N) is 2. The Hall–Kier alpha value is -3.42. The number of carbonyl (C=O) groups excluding carboxylic acids is 3. The SMILES string of the molecule is COc1ccc([C@@]2(C)NC(=O)N(CC(=O)Nc3cccc(C)n3)C2=O)cc1. The van der Waals surface area contributed by atoms with Gasteiger partial charge in [-0.1, -0.05) is 18.2 Å². The van der Waals surface area contributed by atoms with Crippen LogP contribution in [0.5, 0.6) is 5.75 Å². The molecule has 1 atom stereocenters. The lowest BCUT2D eigenvalue weighted by Gasteiger charge is -2.22. The molecule has 2 heterocycles. The van der Waals surface area contributed by atoms with E-state index in [1.165, 1.54) is 0 Å². The van der Waals surface area contributed by atoms with Gasteiger partial charge in [0.25, 0.3) is 5.91 Å². The molecule has 0 saturated carbocycles. The third-order valence-electron chi connectivity index (χ3n) is 4.40. The van der Waals surface area contributed by atoms with Gasteiger partial charge in [-0.2, -0.15) is 0 Å². The van der Waals surface area contributed by atoms with Crippen molar-refractivity contribution < 1.29 is 19.1 Å². The fourth-order valence-electron chi connectivity index (χ4n) is 2.90. The molecule has 8 nitrogen and oxygen atoms in total. The summed E-state index contributed by atoms with van der Waals surface area (Å²) in [5.41, 5.74) is 0.102. The number of amides is 4. The third-order valence-corrected chi connectivity index (χ3v) is 4.40. The van der Waals surface area contributed by atoms with Gasteiger partial charge >= 0.3 is 6.03 Å². The molecule has 1 fully saturated rings. The normalized spacial score (nSPS) is 19.0. The molecule has 3 rings (SSSR count). The summed E-state index contributed by atoms with van der Waals surface area (Å²) in [5, 5.41) is 5.26. The van der Waals surface area contributed by atoms with Crippen molar-refractivity contribution in [3.63, 3.8) is 0 Å². The highest BCUT2D eigenvalue weighted by Gasteiger charge is 2.49. The number of hydrogen-bond acceptors (Lipinski definition) is 5. The Balaban J connectivity index is 1.74. The molecule has 0 bridgehead atoms. The molecular formula is C19H20N4O4. The van der Waals surface area contributed by atoms with Gasteiger partial charge in [-0.15, -0.1) is 0 Å². The number of anilines is 1. The molecule has 1 saturated heterocycles. The monoisotopic (exact) mass is 368 g/mol. The summed E-state index contributed by atoms with van der Waals surface area (Å²) in [6.07, 6.45) is 0. The van der Waals surface area contributed by atoms with Gasteiger partial charge in [-0.3, -0.25) is 14.5 Å². The molecule has 2 N–H and O–H groups in total. The van der Waals surface area contributed by atoms with Crippen LogP contribution in [0.3, 0.4) is 0 Å². The lowest BCUT2D eigenvalue weighted by atomic mass is 9.92. The Bertz CT molecular complexity index is 897. The summed E-state index contributed by atoms with van der Waals surface area (Å²) in [4.78, 5) is 42.5. The maximum atomic E-state index is 12.9. The predicted molar refractivity (Wildman–Crippen MR) is 98.2 cm³/mol. The van der Waals surface area contributed by atoms with Crippen LogP contribution >= 0.6 is 0 Å². The second-order valence-electron chi connectivity index (χ2n) is 6.39. The van der Waals surface area contributed by atoms with Gasteiger partial charge in [0, 0.05) is 5.69 Å². The Morgan fingerprint density at radius 1 is 1.22 bits per heavy atom. The second-order valence-corrected chi connectivity index (χ2v) is 6.39. The van der Waals surface area contributed by atoms with E-state index in [9.17, 15) is 14.4 Å². The fraction of sp³-hybridized carbons (Fsp3) is 0.263. The molecular weight excluding hydrogens is 348 g/mol. The second kappa shape index (κ2) is 7.06. The standard InChI is InChI=1S/C19H20N4O4/c1-12-5-4-6-15(20-12)21-16(24)11-23-17(25)19(2,22-18(23)26)13-7-9-14(27-3)10-8-13/h4-10H,11H2,1-3H3,(H,22,26)(H,20,21,24)/t19-/m1/s1. The Morgan fingerprint density at radius 2 is 1.93 bits per heavy atom. The minimum atomic E-state index is -1.24.